The van der Waals surface area contributed by atoms with Crippen LogP contribution in [-0.4, -0.2) is 41.5 Å². The normalized spacial score (nSPS) is 10.4. The van der Waals surface area contributed by atoms with Crippen molar-refractivity contribution in [2.45, 2.75) is 19.3 Å². The van der Waals surface area contributed by atoms with E-state index in [9.17, 15) is 14.4 Å². The van der Waals surface area contributed by atoms with Crippen LogP contribution in [0.2, 0.25) is 0 Å². The van der Waals surface area contributed by atoms with E-state index in [0.717, 1.165) is 24.8 Å². The number of carbonyl (C=O) groups is 3. The van der Waals surface area contributed by atoms with E-state index in [2.05, 4.69) is 33.6 Å². The first-order valence-corrected chi connectivity index (χ1v) is 11.8. The zero-order valence-corrected chi connectivity index (χ0v) is 19.7. The van der Waals surface area contributed by atoms with Crippen molar-refractivity contribution in [1.29, 1.82) is 0 Å². The number of nitrogens with zero attached hydrogens (tertiary/aromatic N) is 1. The molecule has 0 saturated carbocycles. The number of thiol groups is 1. The summed E-state index contributed by atoms with van der Waals surface area (Å²) in [5, 5.41) is 8.54. The number of hydrogen-bond acceptors (Lipinski definition) is 5. The Labute approximate surface area is 204 Å². The molecule has 0 spiro atoms. The molecule has 1 heterocycles. The lowest BCUT2D eigenvalue weighted by Crippen LogP contribution is -2.26. The van der Waals surface area contributed by atoms with E-state index < -0.39 is 0 Å². The van der Waals surface area contributed by atoms with Gasteiger partial charge in [0.25, 0.3) is 11.8 Å². The van der Waals surface area contributed by atoms with Crippen LogP contribution in [0.5, 0.6) is 0 Å². The number of unbranched alkanes of at least 4 members (excludes halogenated alkanes) is 2. The van der Waals surface area contributed by atoms with Gasteiger partial charge in [-0.3, -0.25) is 19.4 Å². The van der Waals surface area contributed by atoms with Gasteiger partial charge in [-0.1, -0.05) is 36.4 Å². The number of para-hydroxylation sites is 1. The van der Waals surface area contributed by atoms with Crippen molar-refractivity contribution in [1.82, 2.24) is 15.6 Å². The Bertz CT molecular complexity index is 1100. The second kappa shape index (κ2) is 13.2. The highest BCUT2D eigenvalue weighted by atomic mass is 32.1. The average Bonchev–Trinajstić information content (AvgIpc) is 2.88. The Kier molecular flexibility index (Phi) is 9.66. The standard InChI is InChI=1S/C26H28N4O3S/c31-23(18-34)27-15-5-2-6-16-29-25(32)20-13-11-19(12-14-20)22-10-7-17-28-24(22)26(33)30-21-8-3-1-4-9-21/h1,3-4,7-14,17,34H,2,5-6,15-16,18H2,(H,27,31)(H,29,32)(H,30,33). The zero-order valence-electron chi connectivity index (χ0n) is 18.8. The maximum Gasteiger partial charge on any atom is 0.274 e. The van der Waals surface area contributed by atoms with Crippen molar-refractivity contribution in [3.63, 3.8) is 0 Å². The molecule has 0 aliphatic heterocycles. The molecular weight excluding hydrogens is 448 g/mol. The quantitative estimate of drug-likeness (QED) is 0.249. The Hall–Kier alpha value is -3.65. The second-order valence-electron chi connectivity index (χ2n) is 7.62. The first-order chi connectivity index (χ1) is 16.6. The molecule has 34 heavy (non-hydrogen) atoms. The largest absolute Gasteiger partial charge is 0.355 e. The fourth-order valence-electron chi connectivity index (χ4n) is 3.35. The molecule has 176 valence electrons. The van der Waals surface area contributed by atoms with Crippen molar-refractivity contribution >= 4 is 36.0 Å². The third kappa shape index (κ3) is 7.45. The van der Waals surface area contributed by atoms with E-state index >= 15 is 0 Å². The number of nitrogens with one attached hydrogen (secondary N) is 3. The van der Waals surface area contributed by atoms with Crippen LogP contribution in [0.15, 0.2) is 72.9 Å². The van der Waals surface area contributed by atoms with E-state index in [1.807, 2.05) is 48.5 Å². The lowest BCUT2D eigenvalue weighted by Gasteiger charge is -2.10. The minimum absolute atomic E-state index is 0.0738. The van der Waals surface area contributed by atoms with E-state index in [-0.39, 0.29) is 23.5 Å². The molecule has 0 fully saturated rings. The predicted octanol–water partition coefficient (Wildman–Crippen LogP) is 3.95. The summed E-state index contributed by atoms with van der Waals surface area (Å²) in [6.45, 7) is 1.18. The van der Waals surface area contributed by atoms with Crippen molar-refractivity contribution in [2.75, 3.05) is 24.2 Å². The Balaban J connectivity index is 1.54. The molecule has 0 atom stereocenters. The monoisotopic (exact) mass is 476 g/mol. The van der Waals surface area contributed by atoms with Crippen LogP contribution < -0.4 is 16.0 Å². The van der Waals surface area contributed by atoms with Gasteiger partial charge in [-0.25, -0.2) is 0 Å². The topological polar surface area (TPSA) is 100 Å². The lowest BCUT2D eigenvalue weighted by atomic mass is 10.0. The maximum atomic E-state index is 12.8. The molecule has 0 aliphatic rings. The molecule has 3 aromatic rings. The van der Waals surface area contributed by atoms with Crippen LogP contribution in [-0.2, 0) is 4.79 Å². The predicted molar refractivity (Wildman–Crippen MR) is 137 cm³/mol. The van der Waals surface area contributed by atoms with Gasteiger partial charge < -0.3 is 16.0 Å². The molecule has 7 nitrogen and oxygen atoms in total. The van der Waals surface area contributed by atoms with Crippen LogP contribution in [0, 0.1) is 0 Å². The second-order valence-corrected chi connectivity index (χ2v) is 7.94. The molecule has 1 aromatic heterocycles. The number of hydrogen-bond donors (Lipinski definition) is 4. The summed E-state index contributed by atoms with van der Waals surface area (Å²) in [6, 6.07) is 19.9. The summed E-state index contributed by atoms with van der Waals surface area (Å²) in [7, 11) is 0. The number of benzene rings is 2. The van der Waals surface area contributed by atoms with Gasteiger partial charge in [0.05, 0.1) is 5.75 Å². The zero-order chi connectivity index (χ0) is 24.2. The minimum Gasteiger partial charge on any atom is -0.355 e. The van der Waals surface area contributed by atoms with Gasteiger partial charge in [0.2, 0.25) is 5.91 Å². The molecule has 0 saturated heterocycles. The van der Waals surface area contributed by atoms with Crippen molar-refractivity contribution in [2.24, 2.45) is 0 Å². The molecule has 3 rings (SSSR count). The van der Waals surface area contributed by atoms with Gasteiger partial charge in [-0.05, 0) is 55.2 Å². The van der Waals surface area contributed by atoms with Crippen molar-refractivity contribution in [3.05, 3.63) is 84.2 Å². The molecule has 2 aromatic carbocycles. The van der Waals surface area contributed by atoms with Crippen molar-refractivity contribution in [3.8, 4) is 11.1 Å². The van der Waals surface area contributed by atoms with Crippen LogP contribution in [0.3, 0.4) is 0 Å². The molecular formula is C26H28N4O3S. The number of aromatic nitrogens is 1. The van der Waals surface area contributed by atoms with Gasteiger partial charge in [-0.15, -0.1) is 0 Å². The smallest absolute Gasteiger partial charge is 0.274 e. The number of rotatable bonds is 11. The summed E-state index contributed by atoms with van der Waals surface area (Å²) in [5.41, 5.74) is 3.04. The Morgan fingerprint density at radius 3 is 2.18 bits per heavy atom. The van der Waals surface area contributed by atoms with E-state index in [0.29, 0.717) is 35.6 Å². The summed E-state index contributed by atoms with van der Waals surface area (Å²) >= 11 is 3.91. The number of pyridine rings is 1. The highest BCUT2D eigenvalue weighted by molar-refractivity contribution is 7.81. The highest BCUT2D eigenvalue weighted by Gasteiger charge is 2.15. The fraction of sp³-hybridized carbons (Fsp3) is 0.231. The van der Waals surface area contributed by atoms with Gasteiger partial charge in [0.1, 0.15) is 5.69 Å². The first kappa shape index (κ1) is 25.0. The number of anilines is 1. The van der Waals surface area contributed by atoms with Crippen LogP contribution in [0.25, 0.3) is 11.1 Å². The highest BCUT2D eigenvalue weighted by Crippen LogP contribution is 2.23. The van der Waals surface area contributed by atoms with E-state index in [1.54, 1.807) is 24.4 Å². The summed E-state index contributed by atoms with van der Waals surface area (Å²) in [4.78, 5) is 40.6. The molecule has 0 unspecified atom stereocenters. The molecule has 3 N–H and O–H groups in total. The Morgan fingerprint density at radius 2 is 1.47 bits per heavy atom. The molecule has 8 heteroatoms. The summed E-state index contributed by atoms with van der Waals surface area (Å²) in [5.74, 6) is -0.329. The molecule has 0 aliphatic carbocycles. The number of carbonyl (C=O) groups excluding carboxylic acids is 3. The van der Waals surface area contributed by atoms with Gasteiger partial charge in [-0.2, -0.15) is 12.6 Å². The Morgan fingerprint density at radius 1 is 0.765 bits per heavy atom. The first-order valence-electron chi connectivity index (χ1n) is 11.2. The summed E-state index contributed by atoms with van der Waals surface area (Å²) in [6.07, 6.45) is 4.17. The van der Waals surface area contributed by atoms with Crippen LogP contribution >= 0.6 is 12.6 Å². The molecule has 3 amide bonds. The van der Waals surface area contributed by atoms with Gasteiger partial charge in [0, 0.05) is 36.1 Å². The van der Waals surface area contributed by atoms with Gasteiger partial charge >= 0.3 is 0 Å². The van der Waals surface area contributed by atoms with E-state index in [4.69, 9.17) is 0 Å². The van der Waals surface area contributed by atoms with Crippen LogP contribution in [0.1, 0.15) is 40.1 Å². The maximum absolute atomic E-state index is 12.8. The minimum atomic E-state index is -0.297. The van der Waals surface area contributed by atoms with Crippen LogP contribution in [0.4, 0.5) is 5.69 Å². The summed E-state index contributed by atoms with van der Waals surface area (Å²) < 4.78 is 0. The average molecular weight is 477 g/mol. The molecule has 0 radical (unpaired) electrons. The van der Waals surface area contributed by atoms with E-state index in [1.165, 1.54) is 0 Å². The fourth-order valence-corrected chi connectivity index (χ4v) is 3.46. The third-order valence-corrected chi connectivity index (χ3v) is 5.40. The number of amides is 3. The third-order valence-electron chi connectivity index (χ3n) is 5.12. The van der Waals surface area contributed by atoms with Gasteiger partial charge in [0.15, 0.2) is 0 Å². The lowest BCUT2D eigenvalue weighted by molar-refractivity contribution is -0.118. The SMILES string of the molecule is O=C(CS)NCCCCCNC(=O)c1ccc(-c2cccnc2C(=O)Nc2ccccc2)cc1. The molecule has 0 bridgehead atoms. The van der Waals surface area contributed by atoms with Crippen molar-refractivity contribution < 1.29 is 14.4 Å².